The topological polar surface area (TPSA) is 84.5 Å². The molecule has 0 bridgehead atoms. The number of aryl methyl sites for hydroxylation is 1. The number of anilines is 2. The fourth-order valence-electron chi connectivity index (χ4n) is 2.79. The Labute approximate surface area is 157 Å². The van der Waals surface area contributed by atoms with Crippen molar-refractivity contribution in [3.8, 4) is 5.75 Å². The Morgan fingerprint density at radius 3 is 2.73 bits per heavy atom. The van der Waals surface area contributed by atoms with Crippen LogP contribution in [-0.2, 0) is 21.2 Å². The molecule has 1 amide bonds. The minimum atomic E-state index is -3.40. The van der Waals surface area contributed by atoms with Gasteiger partial charge in [0.15, 0.2) is 0 Å². The van der Waals surface area contributed by atoms with Gasteiger partial charge in [0.1, 0.15) is 12.4 Å². The van der Waals surface area contributed by atoms with Crippen molar-refractivity contribution >= 4 is 38.9 Å². The zero-order chi connectivity index (χ0) is 18.9. The summed E-state index contributed by atoms with van der Waals surface area (Å²) in [5, 5.41) is 3.42. The van der Waals surface area contributed by atoms with Crippen molar-refractivity contribution in [1.29, 1.82) is 0 Å². The molecule has 0 fully saturated rings. The first kappa shape index (κ1) is 18.5. The van der Waals surface area contributed by atoms with Gasteiger partial charge in [-0.2, -0.15) is 0 Å². The van der Waals surface area contributed by atoms with Crippen molar-refractivity contribution in [2.45, 2.75) is 13.3 Å². The lowest BCUT2D eigenvalue weighted by atomic mass is 9.96. The summed E-state index contributed by atoms with van der Waals surface area (Å²) in [6, 6.07) is 10.4. The van der Waals surface area contributed by atoms with E-state index in [4.69, 9.17) is 16.3 Å². The standard InChI is InChI=1S/C18H19ClN2O4S/c1-11-3-5-15(9-16(11)21-26(2,23)24)20-18(22)13-7-12-8-14(19)4-6-17(12)25-10-13/h3-6,8-9,13,21H,7,10H2,1-2H3,(H,20,22). The van der Waals surface area contributed by atoms with Gasteiger partial charge in [-0.25, -0.2) is 8.42 Å². The molecule has 1 aliphatic heterocycles. The predicted molar refractivity (Wildman–Crippen MR) is 102 cm³/mol. The largest absolute Gasteiger partial charge is 0.492 e. The lowest BCUT2D eigenvalue weighted by Gasteiger charge is -2.25. The Morgan fingerprint density at radius 1 is 1.23 bits per heavy atom. The van der Waals surface area contributed by atoms with Crippen LogP contribution in [0.4, 0.5) is 11.4 Å². The van der Waals surface area contributed by atoms with Crippen LogP contribution in [0, 0.1) is 12.8 Å². The third kappa shape index (κ3) is 4.47. The summed E-state index contributed by atoms with van der Waals surface area (Å²) in [4.78, 5) is 12.6. The summed E-state index contributed by atoms with van der Waals surface area (Å²) >= 11 is 6.01. The van der Waals surface area contributed by atoms with Gasteiger partial charge in [0.05, 0.1) is 17.9 Å². The maximum atomic E-state index is 12.6. The lowest BCUT2D eigenvalue weighted by Crippen LogP contribution is -2.32. The average molecular weight is 395 g/mol. The normalized spacial score (nSPS) is 16.3. The average Bonchev–Trinajstić information content (AvgIpc) is 2.56. The van der Waals surface area contributed by atoms with E-state index < -0.39 is 10.0 Å². The van der Waals surface area contributed by atoms with Gasteiger partial charge < -0.3 is 10.1 Å². The molecule has 2 aromatic carbocycles. The molecule has 0 aromatic heterocycles. The van der Waals surface area contributed by atoms with Crippen LogP contribution in [0.15, 0.2) is 36.4 Å². The van der Waals surface area contributed by atoms with E-state index in [2.05, 4.69) is 10.0 Å². The summed E-state index contributed by atoms with van der Waals surface area (Å²) in [7, 11) is -3.40. The molecule has 2 aromatic rings. The maximum Gasteiger partial charge on any atom is 0.231 e. The number of benzene rings is 2. The Bertz CT molecular complexity index is 960. The van der Waals surface area contributed by atoms with Crippen molar-refractivity contribution in [3.05, 3.63) is 52.5 Å². The molecule has 2 N–H and O–H groups in total. The van der Waals surface area contributed by atoms with Crippen molar-refractivity contribution < 1.29 is 17.9 Å². The Hall–Kier alpha value is -2.25. The Morgan fingerprint density at radius 2 is 2.00 bits per heavy atom. The summed E-state index contributed by atoms with van der Waals surface area (Å²) in [6.45, 7) is 2.07. The fourth-order valence-corrected chi connectivity index (χ4v) is 3.60. The van der Waals surface area contributed by atoms with Crippen LogP contribution in [0.25, 0.3) is 0 Å². The Balaban J connectivity index is 1.73. The van der Waals surface area contributed by atoms with Gasteiger partial charge in [-0.3, -0.25) is 9.52 Å². The van der Waals surface area contributed by atoms with Gasteiger partial charge in [-0.15, -0.1) is 0 Å². The number of amides is 1. The summed E-state index contributed by atoms with van der Waals surface area (Å²) in [5.74, 6) is 0.201. The minimum Gasteiger partial charge on any atom is -0.492 e. The van der Waals surface area contributed by atoms with Crippen molar-refractivity contribution in [2.75, 3.05) is 22.9 Å². The number of halogens is 1. The second-order valence-electron chi connectivity index (χ2n) is 6.36. The van der Waals surface area contributed by atoms with Crippen LogP contribution in [0.2, 0.25) is 5.02 Å². The molecule has 138 valence electrons. The Kier molecular flexibility index (Phi) is 5.11. The smallest absolute Gasteiger partial charge is 0.231 e. The number of sulfonamides is 1. The first-order valence-corrected chi connectivity index (χ1v) is 10.3. The van der Waals surface area contributed by atoms with E-state index in [1.807, 2.05) is 0 Å². The molecule has 6 nitrogen and oxygen atoms in total. The number of ether oxygens (including phenoxy) is 1. The number of carbonyl (C=O) groups is 1. The number of fused-ring (bicyclic) bond motifs is 1. The van der Waals surface area contributed by atoms with Crippen LogP contribution in [0.1, 0.15) is 11.1 Å². The predicted octanol–water partition coefficient (Wildman–Crippen LogP) is 3.21. The van der Waals surface area contributed by atoms with Crippen LogP contribution in [0.5, 0.6) is 5.75 Å². The van der Waals surface area contributed by atoms with E-state index >= 15 is 0 Å². The molecule has 1 aliphatic rings. The number of hydrogen-bond acceptors (Lipinski definition) is 4. The molecule has 1 atom stereocenters. The highest BCUT2D eigenvalue weighted by Gasteiger charge is 2.26. The second kappa shape index (κ2) is 7.17. The molecule has 26 heavy (non-hydrogen) atoms. The zero-order valence-electron chi connectivity index (χ0n) is 14.4. The molecule has 0 spiro atoms. The van der Waals surface area contributed by atoms with Crippen molar-refractivity contribution in [2.24, 2.45) is 5.92 Å². The van der Waals surface area contributed by atoms with Crippen LogP contribution in [0.3, 0.4) is 0 Å². The van der Waals surface area contributed by atoms with Crippen LogP contribution in [-0.4, -0.2) is 27.2 Å². The number of hydrogen-bond donors (Lipinski definition) is 2. The SMILES string of the molecule is Cc1ccc(NC(=O)C2COc3ccc(Cl)cc3C2)cc1NS(C)(=O)=O. The van der Waals surface area contributed by atoms with Crippen molar-refractivity contribution in [1.82, 2.24) is 0 Å². The minimum absolute atomic E-state index is 0.190. The van der Waals surface area contributed by atoms with Gasteiger partial charge in [-0.05, 0) is 54.8 Å². The highest BCUT2D eigenvalue weighted by molar-refractivity contribution is 7.92. The zero-order valence-corrected chi connectivity index (χ0v) is 15.9. The molecule has 8 heteroatoms. The molecular weight excluding hydrogens is 376 g/mol. The first-order chi connectivity index (χ1) is 12.2. The highest BCUT2D eigenvalue weighted by Crippen LogP contribution is 2.30. The second-order valence-corrected chi connectivity index (χ2v) is 8.54. The molecule has 0 saturated carbocycles. The first-order valence-electron chi connectivity index (χ1n) is 8.02. The van der Waals surface area contributed by atoms with Crippen molar-refractivity contribution in [3.63, 3.8) is 0 Å². The number of rotatable bonds is 4. The van der Waals surface area contributed by atoms with E-state index in [-0.39, 0.29) is 18.4 Å². The van der Waals surface area contributed by atoms with E-state index in [1.54, 1.807) is 43.3 Å². The summed E-state index contributed by atoms with van der Waals surface area (Å²) in [5.41, 5.74) is 2.61. The van der Waals surface area contributed by atoms with Gasteiger partial charge in [0, 0.05) is 10.7 Å². The third-order valence-electron chi connectivity index (χ3n) is 4.10. The monoisotopic (exact) mass is 394 g/mol. The molecule has 0 saturated heterocycles. The van der Waals surface area contributed by atoms with E-state index in [0.29, 0.717) is 22.8 Å². The number of nitrogens with one attached hydrogen (secondary N) is 2. The maximum absolute atomic E-state index is 12.6. The highest BCUT2D eigenvalue weighted by atomic mass is 35.5. The third-order valence-corrected chi connectivity index (χ3v) is 4.93. The van der Waals surface area contributed by atoms with Crippen LogP contribution < -0.4 is 14.8 Å². The van der Waals surface area contributed by atoms with E-state index in [9.17, 15) is 13.2 Å². The molecule has 3 rings (SSSR count). The van der Waals surface area contributed by atoms with Gasteiger partial charge >= 0.3 is 0 Å². The molecule has 0 radical (unpaired) electrons. The van der Waals surface area contributed by atoms with E-state index in [0.717, 1.165) is 23.1 Å². The lowest BCUT2D eigenvalue weighted by molar-refractivity contribution is -0.121. The molecule has 0 aliphatic carbocycles. The quantitative estimate of drug-likeness (QED) is 0.833. The fraction of sp³-hybridized carbons (Fsp3) is 0.278. The van der Waals surface area contributed by atoms with Gasteiger partial charge in [0.25, 0.3) is 0 Å². The van der Waals surface area contributed by atoms with Gasteiger partial charge in [0.2, 0.25) is 15.9 Å². The van der Waals surface area contributed by atoms with Crippen LogP contribution >= 0.6 is 11.6 Å². The van der Waals surface area contributed by atoms with Gasteiger partial charge in [-0.1, -0.05) is 17.7 Å². The molecular formula is C18H19ClN2O4S. The molecule has 1 unspecified atom stereocenters. The number of carbonyl (C=O) groups excluding carboxylic acids is 1. The molecule has 1 heterocycles. The summed E-state index contributed by atoms with van der Waals surface area (Å²) < 4.78 is 31.0. The summed E-state index contributed by atoms with van der Waals surface area (Å²) in [6.07, 6.45) is 1.61. The van der Waals surface area contributed by atoms with E-state index in [1.165, 1.54) is 0 Å².